The van der Waals surface area contributed by atoms with Crippen molar-refractivity contribution in [3.8, 4) is 22.3 Å². The van der Waals surface area contributed by atoms with E-state index in [1.54, 1.807) is 0 Å². The summed E-state index contributed by atoms with van der Waals surface area (Å²) in [5.74, 6) is 0. The zero-order valence-electron chi connectivity index (χ0n) is 37.9. The molecule has 0 spiro atoms. The number of rotatable bonds is 3. The summed E-state index contributed by atoms with van der Waals surface area (Å²) in [5, 5.41) is 2.65. The van der Waals surface area contributed by atoms with Gasteiger partial charge < -0.3 is 9.71 Å². The summed E-state index contributed by atoms with van der Waals surface area (Å²) in [7, 11) is 0. The molecule has 0 atom stereocenters. The molecule has 0 bridgehead atoms. The quantitative estimate of drug-likeness (QED) is 0.163. The third-order valence-corrected chi connectivity index (χ3v) is 16.8. The molecule has 1 aliphatic carbocycles. The molecule has 4 heteroatoms. The monoisotopic (exact) mass is 862 g/mol. The number of hydrogen-bond acceptors (Lipinski definition) is 3. The van der Waals surface area contributed by atoms with E-state index in [4.69, 9.17) is 0 Å². The topological polar surface area (TPSA) is 6.48 Å². The fourth-order valence-electron chi connectivity index (χ4n) is 12.8. The van der Waals surface area contributed by atoms with Gasteiger partial charge in [0.2, 0.25) is 0 Å². The summed E-state index contributed by atoms with van der Waals surface area (Å²) in [5.41, 5.74) is 22.9. The van der Waals surface area contributed by atoms with Crippen LogP contribution in [-0.2, 0) is 16.2 Å². The molecule has 0 fully saturated rings. The highest BCUT2D eigenvalue weighted by molar-refractivity contribution is 7.26. The van der Waals surface area contributed by atoms with E-state index in [9.17, 15) is 0 Å². The second kappa shape index (κ2) is 13.2. The summed E-state index contributed by atoms with van der Waals surface area (Å²) in [6.07, 6.45) is 0. The summed E-state index contributed by atoms with van der Waals surface area (Å²) in [4.78, 5) is 5.44. The van der Waals surface area contributed by atoms with Gasteiger partial charge in [-0.05, 0) is 108 Å². The van der Waals surface area contributed by atoms with Crippen molar-refractivity contribution in [2.45, 2.75) is 50.9 Å². The molecule has 66 heavy (non-hydrogen) atoms. The maximum absolute atomic E-state index is 2.72. The maximum Gasteiger partial charge on any atom is 0.333 e. The Kier molecular flexibility index (Phi) is 7.66. The van der Waals surface area contributed by atoms with Gasteiger partial charge in [0.25, 0.3) is 0 Å². The highest BCUT2D eigenvalue weighted by Gasteiger charge is 2.54. The van der Waals surface area contributed by atoms with Gasteiger partial charge in [0.15, 0.2) is 0 Å². The van der Waals surface area contributed by atoms with Gasteiger partial charge in [0, 0.05) is 48.2 Å². The molecule has 0 unspecified atom stereocenters. The normalized spacial score (nSPS) is 15.5. The average Bonchev–Trinajstić information content (AvgIpc) is 3.84. The number of thiophene rings is 1. The number of nitrogens with zero attached hydrogens (tertiary/aromatic N) is 2. The van der Waals surface area contributed by atoms with E-state index in [1.165, 1.54) is 121 Å². The number of anilines is 5. The van der Waals surface area contributed by atoms with Crippen molar-refractivity contribution in [2.75, 3.05) is 9.71 Å². The first-order valence-corrected chi connectivity index (χ1v) is 24.3. The standard InChI is InChI=1S/C62H47BN2S/c1-60(2,3)38-31-33-41(34-32-38)65-51-36-35-47-54(42-23-12-14-25-45(42)61(47,4)5)55(51)44-37-53-56(43-24-13-17-30-52(43)66-53)59-57(44)63(65)49-28-18-27-48-58(49)64(59)50-29-16-15-26-46(50)62(48,39-19-8-6-9-20-39)40-21-10-7-11-22-40/h6-37H,1-5H3. The highest BCUT2D eigenvalue weighted by Crippen LogP contribution is 2.63. The highest BCUT2D eigenvalue weighted by atomic mass is 32.1. The predicted molar refractivity (Wildman–Crippen MR) is 281 cm³/mol. The van der Waals surface area contributed by atoms with E-state index in [2.05, 4.69) is 238 Å². The molecular weight excluding hydrogens is 816 g/mol. The summed E-state index contributed by atoms with van der Waals surface area (Å²) < 4.78 is 2.64. The molecular formula is C62H47BN2S. The van der Waals surface area contributed by atoms with Gasteiger partial charge in [-0.2, -0.15) is 0 Å². The van der Waals surface area contributed by atoms with E-state index in [0.717, 1.165) is 0 Å². The van der Waals surface area contributed by atoms with Crippen molar-refractivity contribution in [3.05, 3.63) is 233 Å². The van der Waals surface area contributed by atoms with Crippen LogP contribution in [0.2, 0.25) is 0 Å². The number of para-hydroxylation sites is 2. The molecule has 2 nitrogen and oxygen atoms in total. The van der Waals surface area contributed by atoms with Crippen LogP contribution in [0.1, 0.15) is 73.6 Å². The Morgan fingerprint density at radius 2 is 1.15 bits per heavy atom. The first kappa shape index (κ1) is 38.2. The zero-order valence-corrected chi connectivity index (χ0v) is 38.7. The molecule has 0 N–H and O–H groups in total. The van der Waals surface area contributed by atoms with Gasteiger partial charge in [0.1, 0.15) is 0 Å². The molecule has 14 rings (SSSR count). The van der Waals surface area contributed by atoms with Crippen LogP contribution in [0.3, 0.4) is 0 Å². The molecule has 3 aliphatic heterocycles. The predicted octanol–water partition coefficient (Wildman–Crippen LogP) is 15.1. The van der Waals surface area contributed by atoms with Gasteiger partial charge in [-0.25, -0.2) is 0 Å². The van der Waals surface area contributed by atoms with Crippen LogP contribution in [0.25, 0.3) is 42.4 Å². The Balaban J connectivity index is 1.19. The van der Waals surface area contributed by atoms with Crippen LogP contribution < -0.4 is 20.6 Å². The van der Waals surface area contributed by atoms with E-state index in [1.807, 2.05) is 11.3 Å². The summed E-state index contributed by atoms with van der Waals surface area (Å²) in [6, 6.07) is 74.4. The molecule has 9 aromatic carbocycles. The second-order valence-electron chi connectivity index (χ2n) is 20.4. The van der Waals surface area contributed by atoms with Gasteiger partial charge in [-0.3, -0.25) is 0 Å². The number of benzene rings is 9. The summed E-state index contributed by atoms with van der Waals surface area (Å²) in [6.45, 7) is 11.6. The first-order chi connectivity index (χ1) is 32.2. The van der Waals surface area contributed by atoms with E-state index in [-0.39, 0.29) is 17.7 Å². The summed E-state index contributed by atoms with van der Waals surface area (Å²) >= 11 is 1.93. The van der Waals surface area contributed by atoms with Crippen molar-refractivity contribution < 1.29 is 0 Å². The van der Waals surface area contributed by atoms with Crippen LogP contribution in [-0.4, -0.2) is 6.85 Å². The van der Waals surface area contributed by atoms with Gasteiger partial charge in [0.05, 0.1) is 16.8 Å². The van der Waals surface area contributed by atoms with Crippen LogP contribution >= 0.6 is 11.3 Å². The van der Waals surface area contributed by atoms with E-state index < -0.39 is 5.41 Å². The van der Waals surface area contributed by atoms with Gasteiger partial charge >= 0.3 is 6.85 Å². The molecule has 0 radical (unpaired) electrons. The molecule has 0 saturated carbocycles. The van der Waals surface area contributed by atoms with Crippen molar-refractivity contribution in [1.82, 2.24) is 0 Å². The van der Waals surface area contributed by atoms with Gasteiger partial charge in [-0.1, -0.05) is 192 Å². The van der Waals surface area contributed by atoms with Crippen molar-refractivity contribution in [3.63, 3.8) is 0 Å². The molecule has 1 aromatic heterocycles. The Hall–Kier alpha value is -7.14. The van der Waals surface area contributed by atoms with Crippen LogP contribution in [0.5, 0.6) is 0 Å². The lowest BCUT2D eigenvalue weighted by molar-refractivity contribution is 0.590. The fourth-order valence-corrected chi connectivity index (χ4v) is 14.0. The van der Waals surface area contributed by atoms with Crippen molar-refractivity contribution >= 4 is 77.7 Å². The maximum atomic E-state index is 2.72. The Bertz CT molecular complexity index is 3630. The molecule has 4 aliphatic rings. The van der Waals surface area contributed by atoms with Crippen LogP contribution in [0.15, 0.2) is 194 Å². The SMILES string of the molecule is CC(C)(C)c1ccc(N2B3c4cccc5c4N(c4ccccc4C5(c4ccccc4)c4ccccc4)c4c3c(cc3sc5ccccc5c43)-c3c2ccc2c3-c3ccccc3C2(C)C)cc1. The Morgan fingerprint density at radius 3 is 1.89 bits per heavy atom. The number of hydrogen-bond donors (Lipinski definition) is 0. The largest absolute Gasteiger partial charge is 0.376 e. The van der Waals surface area contributed by atoms with Crippen LogP contribution in [0, 0.1) is 0 Å². The smallest absolute Gasteiger partial charge is 0.333 e. The lowest BCUT2D eigenvalue weighted by Gasteiger charge is -2.52. The third-order valence-electron chi connectivity index (χ3n) is 15.7. The Labute approximate surface area is 391 Å². The number of fused-ring (bicyclic) bond motifs is 14. The molecule has 314 valence electrons. The molecule has 4 heterocycles. The van der Waals surface area contributed by atoms with Crippen molar-refractivity contribution in [2.24, 2.45) is 0 Å². The van der Waals surface area contributed by atoms with E-state index >= 15 is 0 Å². The van der Waals surface area contributed by atoms with Crippen LogP contribution in [0.4, 0.5) is 28.4 Å². The minimum Gasteiger partial charge on any atom is -0.376 e. The first-order valence-electron chi connectivity index (χ1n) is 23.5. The second-order valence-corrected chi connectivity index (χ2v) is 21.4. The molecule has 0 saturated heterocycles. The van der Waals surface area contributed by atoms with Crippen molar-refractivity contribution in [1.29, 1.82) is 0 Å². The Morgan fingerprint density at radius 1 is 0.500 bits per heavy atom. The molecule has 10 aromatic rings. The van der Waals surface area contributed by atoms with E-state index in [0.29, 0.717) is 0 Å². The lowest BCUT2D eigenvalue weighted by Crippen LogP contribution is -2.62. The fraction of sp³-hybridized carbons (Fsp3) is 0.129. The average molecular weight is 863 g/mol. The minimum atomic E-state index is -0.590. The zero-order chi connectivity index (χ0) is 44.3. The van der Waals surface area contributed by atoms with Gasteiger partial charge in [-0.15, -0.1) is 11.3 Å². The minimum absolute atomic E-state index is 0.0231. The third kappa shape index (κ3) is 4.77. The lowest BCUT2D eigenvalue weighted by atomic mass is 9.42. The molecule has 0 amide bonds.